The third-order valence-electron chi connectivity index (χ3n) is 4.38. The van der Waals surface area contributed by atoms with Crippen LogP contribution in [0.5, 0.6) is 0 Å². The van der Waals surface area contributed by atoms with E-state index in [0.29, 0.717) is 13.0 Å². The van der Waals surface area contributed by atoms with E-state index in [2.05, 4.69) is 17.6 Å². The number of carbonyl (C=O) groups is 3. The predicted molar refractivity (Wildman–Crippen MR) is 105 cm³/mol. The highest BCUT2D eigenvalue weighted by atomic mass is 16.2. The molecule has 0 rings (SSSR count). The number of nitrogens with two attached hydrogens (primary N) is 1. The second-order valence-electron chi connectivity index (χ2n) is 7.50. The van der Waals surface area contributed by atoms with Crippen molar-refractivity contribution in [3.05, 3.63) is 0 Å². The van der Waals surface area contributed by atoms with Crippen molar-refractivity contribution >= 4 is 17.7 Å². The molecule has 152 valence electrons. The van der Waals surface area contributed by atoms with E-state index < -0.39 is 23.8 Å². The Balaban J connectivity index is 3.72. The summed E-state index contributed by atoms with van der Waals surface area (Å²) >= 11 is 0. The molecular formula is C20H39N3O3. The summed E-state index contributed by atoms with van der Waals surface area (Å²) in [6.45, 7) is 6.55. The number of hydrogen-bond donors (Lipinski definition) is 3. The summed E-state index contributed by atoms with van der Waals surface area (Å²) in [4.78, 5) is 34.9. The van der Waals surface area contributed by atoms with Gasteiger partial charge in [-0.2, -0.15) is 0 Å². The molecule has 1 atom stereocenters. The molecule has 0 saturated carbocycles. The highest BCUT2D eigenvalue weighted by Gasteiger charge is 2.22. The molecule has 0 aromatic heterocycles. The van der Waals surface area contributed by atoms with Gasteiger partial charge < -0.3 is 16.4 Å². The van der Waals surface area contributed by atoms with Crippen molar-refractivity contribution in [1.29, 1.82) is 0 Å². The Kier molecular flexibility index (Phi) is 14.7. The van der Waals surface area contributed by atoms with Crippen molar-refractivity contribution in [3.63, 3.8) is 0 Å². The molecule has 4 N–H and O–H groups in total. The van der Waals surface area contributed by atoms with Crippen LogP contribution in [0, 0.1) is 5.92 Å². The van der Waals surface area contributed by atoms with E-state index in [1.54, 1.807) is 0 Å². The Morgan fingerprint density at radius 1 is 0.808 bits per heavy atom. The van der Waals surface area contributed by atoms with Crippen LogP contribution in [0.2, 0.25) is 0 Å². The molecule has 0 fully saturated rings. The minimum atomic E-state index is -0.800. The summed E-state index contributed by atoms with van der Waals surface area (Å²) in [6, 6.07) is -0.800. The summed E-state index contributed by atoms with van der Waals surface area (Å²) < 4.78 is 0. The lowest BCUT2D eigenvalue weighted by Gasteiger charge is -2.17. The number of nitrogens with one attached hydrogen (secondary N) is 2. The molecule has 0 aliphatic rings. The van der Waals surface area contributed by atoms with Crippen LogP contribution in [0.4, 0.5) is 0 Å². The van der Waals surface area contributed by atoms with Crippen LogP contribution in [-0.2, 0) is 14.4 Å². The lowest BCUT2D eigenvalue weighted by atomic mass is 10.0. The predicted octanol–water partition coefficient (Wildman–Crippen LogP) is 3.04. The number of rotatable bonds is 15. The minimum absolute atomic E-state index is 0.197. The van der Waals surface area contributed by atoms with Gasteiger partial charge in [-0.05, 0) is 18.8 Å². The Labute approximate surface area is 159 Å². The van der Waals surface area contributed by atoms with Gasteiger partial charge in [0.1, 0.15) is 6.04 Å². The smallest absolute Gasteiger partial charge is 0.309 e. The molecule has 0 aromatic carbocycles. The van der Waals surface area contributed by atoms with Crippen LogP contribution < -0.4 is 16.4 Å². The molecular weight excluding hydrogens is 330 g/mol. The van der Waals surface area contributed by atoms with Gasteiger partial charge in [0.15, 0.2) is 0 Å². The number of amides is 3. The molecule has 0 saturated heterocycles. The van der Waals surface area contributed by atoms with Crippen molar-refractivity contribution in [3.8, 4) is 0 Å². The van der Waals surface area contributed by atoms with Crippen LogP contribution in [0.15, 0.2) is 0 Å². The number of unbranched alkanes of at least 4 members (excludes halogenated alkanes) is 9. The van der Waals surface area contributed by atoms with Crippen LogP contribution in [0.25, 0.3) is 0 Å². The average Bonchev–Trinajstić information content (AvgIpc) is 2.58. The zero-order valence-electron chi connectivity index (χ0n) is 16.9. The van der Waals surface area contributed by atoms with Gasteiger partial charge in [0.25, 0.3) is 0 Å². The largest absolute Gasteiger partial charge is 0.368 e. The van der Waals surface area contributed by atoms with Crippen LogP contribution >= 0.6 is 0 Å². The maximum absolute atomic E-state index is 11.8. The standard InChI is InChI=1S/C20H39N3O3/c1-4-5-6-7-8-9-10-11-12-13-14-22-19(25)20(26)23-17(18(21)24)15-16(2)3/h16-17H,4-15H2,1-3H3,(H2,21,24)(H,22,25)(H,23,26)/t17-/m1/s1. The zero-order valence-corrected chi connectivity index (χ0v) is 16.9. The van der Waals surface area contributed by atoms with E-state index in [0.717, 1.165) is 19.3 Å². The number of carbonyl (C=O) groups excluding carboxylic acids is 3. The molecule has 0 spiro atoms. The lowest BCUT2D eigenvalue weighted by Crippen LogP contribution is -2.50. The van der Waals surface area contributed by atoms with Crippen LogP contribution in [-0.4, -0.2) is 30.3 Å². The van der Waals surface area contributed by atoms with Gasteiger partial charge in [-0.3, -0.25) is 14.4 Å². The van der Waals surface area contributed by atoms with Crippen molar-refractivity contribution in [1.82, 2.24) is 10.6 Å². The zero-order chi connectivity index (χ0) is 19.8. The fourth-order valence-electron chi connectivity index (χ4n) is 2.84. The second kappa shape index (κ2) is 15.6. The van der Waals surface area contributed by atoms with Crippen LogP contribution in [0.3, 0.4) is 0 Å². The fraction of sp³-hybridized carbons (Fsp3) is 0.850. The van der Waals surface area contributed by atoms with E-state index in [1.807, 2.05) is 13.8 Å². The molecule has 0 bridgehead atoms. The highest BCUT2D eigenvalue weighted by molar-refractivity contribution is 6.35. The first-order valence-electron chi connectivity index (χ1n) is 10.3. The molecule has 26 heavy (non-hydrogen) atoms. The van der Waals surface area contributed by atoms with Crippen LogP contribution in [0.1, 0.15) is 91.4 Å². The summed E-state index contributed by atoms with van der Waals surface area (Å²) in [5.41, 5.74) is 5.26. The summed E-state index contributed by atoms with van der Waals surface area (Å²) in [5, 5.41) is 5.01. The monoisotopic (exact) mass is 369 g/mol. The first kappa shape index (κ1) is 24.4. The van der Waals surface area contributed by atoms with Gasteiger partial charge in [-0.15, -0.1) is 0 Å². The topological polar surface area (TPSA) is 101 Å². The molecule has 0 aromatic rings. The second-order valence-corrected chi connectivity index (χ2v) is 7.50. The Bertz CT molecular complexity index is 411. The molecule has 0 radical (unpaired) electrons. The molecule has 3 amide bonds. The van der Waals surface area contributed by atoms with Crippen molar-refractivity contribution < 1.29 is 14.4 Å². The van der Waals surface area contributed by atoms with Crippen molar-refractivity contribution in [2.24, 2.45) is 11.7 Å². The fourth-order valence-corrected chi connectivity index (χ4v) is 2.84. The Hall–Kier alpha value is -1.59. The molecule has 0 aliphatic heterocycles. The van der Waals surface area contributed by atoms with Crippen molar-refractivity contribution in [2.45, 2.75) is 97.4 Å². The maximum atomic E-state index is 11.8. The lowest BCUT2D eigenvalue weighted by molar-refractivity contribution is -0.140. The van der Waals surface area contributed by atoms with E-state index in [1.165, 1.54) is 44.9 Å². The van der Waals surface area contributed by atoms with E-state index >= 15 is 0 Å². The number of hydrogen-bond acceptors (Lipinski definition) is 3. The van der Waals surface area contributed by atoms with E-state index in [-0.39, 0.29) is 5.92 Å². The average molecular weight is 370 g/mol. The van der Waals surface area contributed by atoms with E-state index in [9.17, 15) is 14.4 Å². The number of primary amides is 1. The first-order chi connectivity index (χ1) is 12.4. The first-order valence-corrected chi connectivity index (χ1v) is 10.3. The van der Waals surface area contributed by atoms with Gasteiger partial charge in [0.05, 0.1) is 0 Å². The van der Waals surface area contributed by atoms with E-state index in [4.69, 9.17) is 5.73 Å². The summed E-state index contributed by atoms with van der Waals surface area (Å²) in [7, 11) is 0. The van der Waals surface area contributed by atoms with Gasteiger partial charge in [0.2, 0.25) is 5.91 Å². The minimum Gasteiger partial charge on any atom is -0.368 e. The maximum Gasteiger partial charge on any atom is 0.309 e. The van der Waals surface area contributed by atoms with Gasteiger partial charge in [-0.1, -0.05) is 78.6 Å². The SMILES string of the molecule is CCCCCCCCCCCCNC(=O)C(=O)N[C@H](CC(C)C)C(N)=O. The van der Waals surface area contributed by atoms with Gasteiger partial charge >= 0.3 is 11.8 Å². The van der Waals surface area contributed by atoms with Gasteiger partial charge in [0, 0.05) is 6.54 Å². The van der Waals surface area contributed by atoms with Crippen molar-refractivity contribution in [2.75, 3.05) is 6.54 Å². The Morgan fingerprint density at radius 3 is 1.77 bits per heavy atom. The third-order valence-corrected chi connectivity index (χ3v) is 4.38. The third kappa shape index (κ3) is 13.7. The normalized spacial score (nSPS) is 12.0. The molecule has 0 aliphatic carbocycles. The quantitative estimate of drug-likeness (QED) is 0.305. The highest BCUT2D eigenvalue weighted by Crippen LogP contribution is 2.10. The summed E-state index contributed by atoms with van der Waals surface area (Å²) in [5.74, 6) is -1.91. The molecule has 0 heterocycles. The molecule has 6 heteroatoms. The molecule has 6 nitrogen and oxygen atoms in total. The summed E-state index contributed by atoms with van der Waals surface area (Å²) in [6.07, 6.45) is 12.6. The Morgan fingerprint density at radius 2 is 1.31 bits per heavy atom. The molecule has 0 unspecified atom stereocenters. The van der Waals surface area contributed by atoms with Gasteiger partial charge in [-0.25, -0.2) is 0 Å².